The molecule has 1 aliphatic rings. The molecule has 1 atom stereocenters. The van der Waals surface area contributed by atoms with E-state index < -0.39 is 12.0 Å². The van der Waals surface area contributed by atoms with E-state index in [9.17, 15) is 14.7 Å². The summed E-state index contributed by atoms with van der Waals surface area (Å²) >= 11 is 1.39. The van der Waals surface area contributed by atoms with Crippen LogP contribution in [0.4, 0.5) is 0 Å². The second-order valence-corrected chi connectivity index (χ2v) is 7.95. The van der Waals surface area contributed by atoms with Gasteiger partial charge in [-0.05, 0) is 29.8 Å². The molecule has 0 saturated carbocycles. The largest absolute Gasteiger partial charge is 0.497 e. The van der Waals surface area contributed by atoms with Crippen LogP contribution in [-0.4, -0.2) is 38.7 Å². The van der Waals surface area contributed by atoms with Gasteiger partial charge in [0, 0.05) is 22.3 Å². The fraction of sp³-hybridized carbons (Fsp3) is 0.136. The molecular formula is C22H17N3O4S. The fourth-order valence-corrected chi connectivity index (χ4v) is 5.17. The van der Waals surface area contributed by atoms with E-state index in [1.54, 1.807) is 7.11 Å². The Hall–Kier alpha value is -3.52. The lowest BCUT2D eigenvalue weighted by molar-refractivity contribution is -0.140. The number of hydrogen-bond donors (Lipinski definition) is 2. The molecule has 0 radical (unpaired) electrons. The number of aromatic amines is 1. The maximum atomic E-state index is 13.3. The van der Waals surface area contributed by atoms with E-state index in [-0.39, 0.29) is 5.56 Å². The minimum atomic E-state index is -1.02. The number of carboxylic acid groups (broad SMARTS) is 1. The molecule has 0 unspecified atom stereocenters. The number of benzene rings is 2. The van der Waals surface area contributed by atoms with Gasteiger partial charge in [0.15, 0.2) is 0 Å². The standard InChI is InChI=1S/C22H17N3O4S/c1-29-14-9-7-13(8-10-14)18-17-16(12-5-3-2-4-6-12)21-25(15(11-30-21)22(27)28)20(26)19(17)24-23-18/h2-10,15H,11H2,1H3,(H,23,24)(H,27,28)/t15-/m0/s1. The van der Waals surface area contributed by atoms with Crippen LogP contribution in [0.3, 0.4) is 0 Å². The maximum absolute atomic E-state index is 13.3. The first-order valence-corrected chi connectivity index (χ1v) is 10.3. The van der Waals surface area contributed by atoms with Gasteiger partial charge in [-0.25, -0.2) is 4.79 Å². The number of carboxylic acids is 1. The summed E-state index contributed by atoms with van der Waals surface area (Å²) in [6.45, 7) is 0. The zero-order chi connectivity index (χ0) is 20.8. The van der Waals surface area contributed by atoms with Gasteiger partial charge in [-0.15, -0.1) is 11.8 Å². The van der Waals surface area contributed by atoms with Crippen molar-refractivity contribution >= 4 is 28.6 Å². The lowest BCUT2D eigenvalue weighted by atomic mass is 9.99. The van der Waals surface area contributed by atoms with E-state index in [2.05, 4.69) is 10.2 Å². The van der Waals surface area contributed by atoms with Crippen molar-refractivity contribution in [1.82, 2.24) is 14.8 Å². The molecule has 5 rings (SSSR count). The predicted molar refractivity (Wildman–Crippen MR) is 115 cm³/mol. The molecule has 2 aromatic heterocycles. The predicted octanol–water partition coefficient (Wildman–Crippen LogP) is 3.80. The first-order chi connectivity index (χ1) is 14.6. The summed E-state index contributed by atoms with van der Waals surface area (Å²) in [6, 6.07) is 16.2. The third-order valence-electron chi connectivity index (χ3n) is 5.28. The normalized spacial score (nSPS) is 15.3. The molecule has 150 valence electrons. The molecule has 0 aliphatic carbocycles. The molecule has 0 bridgehead atoms. The van der Waals surface area contributed by atoms with Gasteiger partial charge in [-0.2, -0.15) is 5.10 Å². The number of aliphatic carboxylic acids is 1. The smallest absolute Gasteiger partial charge is 0.327 e. The topological polar surface area (TPSA) is 97.2 Å². The number of nitrogens with zero attached hydrogens (tertiary/aromatic N) is 2. The van der Waals surface area contributed by atoms with Gasteiger partial charge >= 0.3 is 5.97 Å². The van der Waals surface area contributed by atoms with Gasteiger partial charge in [-0.1, -0.05) is 30.3 Å². The second-order valence-electron chi connectivity index (χ2n) is 6.94. The molecule has 2 N–H and O–H groups in total. The van der Waals surface area contributed by atoms with Crippen LogP contribution >= 0.6 is 11.8 Å². The minimum absolute atomic E-state index is 0.303. The van der Waals surface area contributed by atoms with Crippen LogP contribution in [0.5, 0.6) is 5.75 Å². The van der Waals surface area contributed by atoms with Crippen molar-refractivity contribution in [2.45, 2.75) is 11.1 Å². The molecule has 0 spiro atoms. The first kappa shape index (κ1) is 18.5. The van der Waals surface area contributed by atoms with Crippen molar-refractivity contribution in [3.63, 3.8) is 0 Å². The van der Waals surface area contributed by atoms with Crippen LogP contribution in [0, 0.1) is 0 Å². The molecule has 0 saturated heterocycles. The molecule has 2 aromatic carbocycles. The van der Waals surface area contributed by atoms with Crippen LogP contribution in [0.25, 0.3) is 33.3 Å². The van der Waals surface area contributed by atoms with Crippen LogP contribution < -0.4 is 10.3 Å². The number of pyridine rings is 1. The molecule has 1 aliphatic heterocycles. The third kappa shape index (κ3) is 2.72. The Morgan fingerprint density at radius 1 is 1.17 bits per heavy atom. The van der Waals surface area contributed by atoms with Gasteiger partial charge in [-0.3, -0.25) is 14.5 Å². The van der Waals surface area contributed by atoms with E-state index >= 15 is 0 Å². The summed E-state index contributed by atoms with van der Waals surface area (Å²) in [5.41, 5.74) is 3.13. The highest BCUT2D eigenvalue weighted by Crippen LogP contribution is 2.44. The van der Waals surface area contributed by atoms with E-state index in [1.807, 2.05) is 54.6 Å². The number of nitrogens with one attached hydrogen (secondary N) is 1. The number of rotatable bonds is 4. The number of methoxy groups -OCH3 is 1. The van der Waals surface area contributed by atoms with Gasteiger partial charge in [0.2, 0.25) is 0 Å². The zero-order valence-electron chi connectivity index (χ0n) is 16.0. The summed E-state index contributed by atoms with van der Waals surface area (Å²) in [5.74, 6) is 0.0155. The monoisotopic (exact) mass is 419 g/mol. The van der Waals surface area contributed by atoms with Gasteiger partial charge in [0.1, 0.15) is 23.0 Å². The van der Waals surface area contributed by atoms with Crippen molar-refractivity contribution in [1.29, 1.82) is 0 Å². The average molecular weight is 419 g/mol. The molecule has 3 heterocycles. The molecule has 0 fully saturated rings. The van der Waals surface area contributed by atoms with E-state index in [0.29, 0.717) is 27.4 Å². The summed E-state index contributed by atoms with van der Waals surface area (Å²) in [5, 5.41) is 18.3. The van der Waals surface area contributed by atoms with Gasteiger partial charge < -0.3 is 9.84 Å². The maximum Gasteiger partial charge on any atom is 0.327 e. The van der Waals surface area contributed by atoms with E-state index in [1.165, 1.54) is 16.3 Å². The summed E-state index contributed by atoms with van der Waals surface area (Å²) in [7, 11) is 1.60. The number of fused-ring (bicyclic) bond motifs is 2. The summed E-state index contributed by atoms with van der Waals surface area (Å²) in [4.78, 5) is 25.0. The highest BCUT2D eigenvalue weighted by Gasteiger charge is 2.35. The van der Waals surface area contributed by atoms with Crippen LogP contribution in [0.15, 0.2) is 64.4 Å². The Balaban J connectivity index is 1.87. The lowest BCUT2D eigenvalue weighted by Crippen LogP contribution is -2.29. The number of aromatic nitrogens is 3. The number of ether oxygens (including phenoxy) is 1. The van der Waals surface area contributed by atoms with Crippen molar-refractivity contribution < 1.29 is 14.6 Å². The number of thioether (sulfide) groups is 1. The molecule has 8 heteroatoms. The van der Waals surface area contributed by atoms with E-state index in [4.69, 9.17) is 4.74 Å². The Labute approximate surface area is 175 Å². The Kier molecular flexibility index (Phi) is 4.36. The number of H-pyrrole nitrogens is 1. The molecule has 4 aromatic rings. The Bertz CT molecular complexity index is 1330. The minimum Gasteiger partial charge on any atom is -0.497 e. The summed E-state index contributed by atoms with van der Waals surface area (Å²) in [6.07, 6.45) is 0. The highest BCUT2D eigenvalue weighted by atomic mass is 32.2. The highest BCUT2D eigenvalue weighted by molar-refractivity contribution is 7.99. The molecule has 0 amide bonds. The zero-order valence-corrected chi connectivity index (χ0v) is 16.8. The van der Waals surface area contributed by atoms with Crippen molar-refractivity contribution in [2.75, 3.05) is 12.9 Å². The first-order valence-electron chi connectivity index (χ1n) is 9.32. The quantitative estimate of drug-likeness (QED) is 0.522. The average Bonchev–Trinajstić information content (AvgIpc) is 3.40. The van der Waals surface area contributed by atoms with Gasteiger partial charge in [0.25, 0.3) is 5.56 Å². The summed E-state index contributed by atoms with van der Waals surface area (Å²) < 4.78 is 6.62. The third-order valence-corrected chi connectivity index (χ3v) is 6.44. The fourth-order valence-electron chi connectivity index (χ4n) is 3.85. The Morgan fingerprint density at radius 2 is 1.90 bits per heavy atom. The van der Waals surface area contributed by atoms with Crippen LogP contribution in [-0.2, 0) is 4.79 Å². The van der Waals surface area contributed by atoms with Crippen molar-refractivity contribution in [3.05, 3.63) is 65.0 Å². The number of hydrogen-bond acceptors (Lipinski definition) is 5. The second kappa shape index (κ2) is 7.07. The Morgan fingerprint density at radius 3 is 2.57 bits per heavy atom. The van der Waals surface area contributed by atoms with Crippen molar-refractivity contribution in [3.8, 4) is 28.1 Å². The molecule has 30 heavy (non-hydrogen) atoms. The lowest BCUT2D eigenvalue weighted by Gasteiger charge is -2.14. The van der Waals surface area contributed by atoms with Crippen LogP contribution in [0.2, 0.25) is 0 Å². The van der Waals surface area contributed by atoms with Gasteiger partial charge in [0.05, 0.1) is 12.1 Å². The van der Waals surface area contributed by atoms with Crippen LogP contribution in [0.1, 0.15) is 6.04 Å². The molecular weight excluding hydrogens is 402 g/mol. The van der Waals surface area contributed by atoms with Crippen molar-refractivity contribution in [2.24, 2.45) is 0 Å². The number of carbonyl (C=O) groups is 1. The molecule has 7 nitrogen and oxygen atoms in total. The van der Waals surface area contributed by atoms with E-state index in [0.717, 1.165) is 22.4 Å². The SMILES string of the molecule is COc1ccc(-c2n[nH]c3c(=O)n4c(c(-c5ccccc5)c23)SC[C@H]4C(=O)O)cc1.